The SMILES string of the molecule is c1ccc(C2(c3ccccc3)c3ccccc3N(c3ccc4c(c3)-c3cc([Si](c5ccccc5)(c5ccccc5)c5ccccc5)ccc3C4)c3ccccc32)cc1. The summed E-state index contributed by atoms with van der Waals surface area (Å²) >= 11 is 0. The van der Waals surface area contributed by atoms with Crippen LogP contribution in [0.1, 0.15) is 33.4 Å². The van der Waals surface area contributed by atoms with Gasteiger partial charge in [-0.3, -0.25) is 0 Å². The summed E-state index contributed by atoms with van der Waals surface area (Å²) in [6.45, 7) is 0. The van der Waals surface area contributed by atoms with Crippen molar-refractivity contribution in [1.29, 1.82) is 0 Å². The molecule has 1 aliphatic carbocycles. The number of hydrogen-bond donors (Lipinski definition) is 0. The van der Waals surface area contributed by atoms with Crippen LogP contribution in [0.4, 0.5) is 17.1 Å². The summed E-state index contributed by atoms with van der Waals surface area (Å²) in [6, 6.07) is 88.5. The van der Waals surface area contributed by atoms with Gasteiger partial charge in [-0.25, -0.2) is 0 Å². The first kappa shape index (κ1) is 34.3. The number of anilines is 3. The standard InChI is InChI=1S/C56H41NSi/c1-6-20-43(21-7-1)56(44-22-8-2-9-23-44)52-30-16-18-32-54(52)57(55-33-19-17-31-53(55)56)45-36-34-41-38-42-35-37-49(40-51(42)50(41)39-45)58(46-24-10-3-11-25-46,47-26-12-4-13-27-47)48-28-14-5-15-29-48/h1-37,39-40H,38H2. The van der Waals surface area contributed by atoms with Crippen molar-refractivity contribution in [3.63, 3.8) is 0 Å². The first-order valence-electron chi connectivity index (χ1n) is 20.3. The Morgan fingerprint density at radius 3 is 1.22 bits per heavy atom. The zero-order valence-corrected chi connectivity index (χ0v) is 33.2. The molecular formula is C56H41NSi. The number of benzene rings is 9. The van der Waals surface area contributed by atoms with E-state index in [0.717, 1.165) is 6.42 Å². The Morgan fingerprint density at radius 2 is 0.741 bits per heavy atom. The lowest BCUT2D eigenvalue weighted by Crippen LogP contribution is -2.74. The summed E-state index contributed by atoms with van der Waals surface area (Å²) in [5.41, 5.74) is 13.6. The van der Waals surface area contributed by atoms with E-state index in [9.17, 15) is 0 Å². The third-order valence-corrected chi connectivity index (χ3v) is 17.5. The summed E-state index contributed by atoms with van der Waals surface area (Å²) in [5, 5.41) is 5.57. The van der Waals surface area contributed by atoms with E-state index in [1.54, 1.807) is 0 Å². The predicted molar refractivity (Wildman–Crippen MR) is 245 cm³/mol. The molecule has 1 nitrogen and oxygen atoms in total. The Morgan fingerprint density at radius 1 is 0.345 bits per heavy atom. The maximum absolute atomic E-state index is 2.70. The van der Waals surface area contributed by atoms with Crippen molar-refractivity contribution < 1.29 is 0 Å². The monoisotopic (exact) mass is 755 g/mol. The van der Waals surface area contributed by atoms with E-state index in [4.69, 9.17) is 0 Å². The van der Waals surface area contributed by atoms with E-state index < -0.39 is 13.5 Å². The number of rotatable bonds is 7. The molecule has 2 aliphatic rings. The molecule has 274 valence electrons. The van der Waals surface area contributed by atoms with Crippen LogP contribution < -0.4 is 25.6 Å². The van der Waals surface area contributed by atoms with Gasteiger partial charge in [0, 0.05) is 5.69 Å². The maximum Gasteiger partial charge on any atom is 0.179 e. The number of nitrogens with zero attached hydrogens (tertiary/aromatic N) is 1. The van der Waals surface area contributed by atoms with Gasteiger partial charge in [-0.15, -0.1) is 0 Å². The fourth-order valence-electron chi connectivity index (χ4n) is 10.3. The molecule has 0 N–H and O–H groups in total. The zero-order chi connectivity index (χ0) is 38.5. The highest BCUT2D eigenvalue weighted by molar-refractivity contribution is 7.19. The van der Waals surface area contributed by atoms with E-state index in [1.165, 1.54) is 82.3 Å². The molecule has 9 aromatic rings. The van der Waals surface area contributed by atoms with Gasteiger partial charge in [0.2, 0.25) is 0 Å². The molecule has 0 amide bonds. The van der Waals surface area contributed by atoms with Gasteiger partial charge in [-0.1, -0.05) is 212 Å². The van der Waals surface area contributed by atoms with E-state index in [0.29, 0.717) is 0 Å². The van der Waals surface area contributed by atoms with Gasteiger partial charge >= 0.3 is 0 Å². The largest absolute Gasteiger partial charge is 0.310 e. The van der Waals surface area contributed by atoms with Crippen molar-refractivity contribution in [3.8, 4) is 11.1 Å². The quantitative estimate of drug-likeness (QED) is 0.116. The molecule has 0 bridgehead atoms. The minimum atomic E-state index is -2.70. The third-order valence-electron chi connectivity index (χ3n) is 12.7. The first-order chi connectivity index (χ1) is 28.8. The van der Waals surface area contributed by atoms with Gasteiger partial charge < -0.3 is 4.90 Å². The minimum Gasteiger partial charge on any atom is -0.310 e. The van der Waals surface area contributed by atoms with E-state index in [-0.39, 0.29) is 0 Å². The Kier molecular flexibility index (Phi) is 8.20. The smallest absolute Gasteiger partial charge is 0.179 e. The fourth-order valence-corrected chi connectivity index (χ4v) is 15.1. The number of hydrogen-bond acceptors (Lipinski definition) is 1. The Balaban J connectivity index is 1.12. The molecule has 0 fully saturated rings. The van der Waals surface area contributed by atoms with Crippen molar-refractivity contribution in [2.45, 2.75) is 11.8 Å². The van der Waals surface area contributed by atoms with Crippen LogP contribution in [0.25, 0.3) is 11.1 Å². The van der Waals surface area contributed by atoms with Crippen molar-refractivity contribution in [3.05, 3.63) is 270 Å². The second-order valence-corrected chi connectivity index (χ2v) is 19.4. The molecule has 1 aliphatic heterocycles. The van der Waals surface area contributed by atoms with Crippen molar-refractivity contribution in [2.24, 2.45) is 0 Å². The molecule has 11 rings (SSSR count). The lowest BCUT2D eigenvalue weighted by Gasteiger charge is -2.46. The highest BCUT2D eigenvalue weighted by Gasteiger charge is 2.46. The van der Waals surface area contributed by atoms with Crippen LogP contribution in [0.15, 0.2) is 237 Å². The van der Waals surface area contributed by atoms with Crippen LogP contribution in [0, 0.1) is 0 Å². The predicted octanol–water partition coefficient (Wildman–Crippen LogP) is 10.8. The second kappa shape index (κ2) is 13.9. The highest BCUT2D eigenvalue weighted by Crippen LogP contribution is 2.58. The van der Waals surface area contributed by atoms with Gasteiger partial charge in [0.15, 0.2) is 8.07 Å². The van der Waals surface area contributed by atoms with Crippen LogP contribution in [0.3, 0.4) is 0 Å². The summed E-state index contributed by atoms with van der Waals surface area (Å²) in [4.78, 5) is 2.51. The van der Waals surface area contributed by atoms with Crippen LogP contribution in [0.5, 0.6) is 0 Å². The molecule has 0 saturated heterocycles. The average Bonchev–Trinajstić information content (AvgIpc) is 3.67. The topological polar surface area (TPSA) is 3.24 Å². The molecule has 0 unspecified atom stereocenters. The van der Waals surface area contributed by atoms with Crippen LogP contribution in [-0.2, 0) is 11.8 Å². The molecule has 2 heteroatoms. The molecular weight excluding hydrogens is 715 g/mol. The van der Waals surface area contributed by atoms with E-state index in [2.05, 4.69) is 241 Å². The summed E-state index contributed by atoms with van der Waals surface area (Å²) in [7, 11) is -2.70. The summed E-state index contributed by atoms with van der Waals surface area (Å²) in [5.74, 6) is 0. The fraction of sp³-hybridized carbons (Fsp3) is 0.0357. The third kappa shape index (κ3) is 5.08. The summed E-state index contributed by atoms with van der Waals surface area (Å²) < 4.78 is 0. The van der Waals surface area contributed by atoms with Gasteiger partial charge in [-0.05, 0) is 95.9 Å². The normalized spacial score (nSPS) is 13.6. The molecule has 0 atom stereocenters. The molecule has 58 heavy (non-hydrogen) atoms. The molecule has 0 saturated carbocycles. The van der Waals surface area contributed by atoms with Crippen molar-refractivity contribution >= 4 is 45.9 Å². The van der Waals surface area contributed by atoms with Crippen molar-refractivity contribution in [1.82, 2.24) is 0 Å². The lowest BCUT2D eigenvalue weighted by molar-refractivity contribution is 0.731. The molecule has 0 radical (unpaired) electrons. The van der Waals surface area contributed by atoms with E-state index >= 15 is 0 Å². The van der Waals surface area contributed by atoms with Crippen LogP contribution in [-0.4, -0.2) is 8.07 Å². The second-order valence-electron chi connectivity index (χ2n) is 15.6. The van der Waals surface area contributed by atoms with E-state index in [1.807, 2.05) is 0 Å². The minimum absolute atomic E-state index is 0.495. The van der Waals surface area contributed by atoms with Gasteiger partial charge in [0.1, 0.15) is 0 Å². The summed E-state index contributed by atoms with van der Waals surface area (Å²) in [6.07, 6.45) is 0.931. The average molecular weight is 756 g/mol. The first-order valence-corrected chi connectivity index (χ1v) is 22.3. The zero-order valence-electron chi connectivity index (χ0n) is 32.2. The van der Waals surface area contributed by atoms with Gasteiger partial charge in [-0.2, -0.15) is 0 Å². The molecule has 9 aromatic carbocycles. The highest BCUT2D eigenvalue weighted by atomic mass is 28.3. The Labute approximate surface area is 342 Å². The van der Waals surface area contributed by atoms with Gasteiger partial charge in [0.25, 0.3) is 0 Å². The number of para-hydroxylation sites is 2. The Hall–Kier alpha value is -7.00. The molecule has 0 spiro atoms. The molecule has 1 heterocycles. The van der Waals surface area contributed by atoms with Crippen molar-refractivity contribution in [2.75, 3.05) is 4.90 Å². The van der Waals surface area contributed by atoms with Crippen LogP contribution >= 0.6 is 0 Å². The number of fused-ring (bicyclic) bond motifs is 5. The maximum atomic E-state index is 2.55. The van der Waals surface area contributed by atoms with Crippen LogP contribution in [0.2, 0.25) is 0 Å². The Bertz CT molecular complexity index is 2720. The molecule has 0 aromatic heterocycles. The lowest BCUT2D eigenvalue weighted by atomic mass is 9.62. The van der Waals surface area contributed by atoms with Gasteiger partial charge in [0.05, 0.1) is 16.8 Å².